The number of aromatic nitrogens is 3. The predicted molar refractivity (Wildman–Crippen MR) is 141 cm³/mol. The van der Waals surface area contributed by atoms with E-state index in [1.807, 2.05) is 11.0 Å². The molecule has 1 aliphatic carbocycles. The summed E-state index contributed by atoms with van der Waals surface area (Å²) in [4.78, 5) is 36.9. The first-order valence-electron chi connectivity index (χ1n) is 13.8. The van der Waals surface area contributed by atoms with Crippen LogP contribution in [0.5, 0.6) is 0 Å². The third-order valence-corrected chi connectivity index (χ3v) is 8.04. The zero-order valence-electron chi connectivity index (χ0n) is 22.3. The number of halogens is 1. The van der Waals surface area contributed by atoms with Crippen molar-refractivity contribution in [1.29, 1.82) is 0 Å². The van der Waals surface area contributed by atoms with Crippen molar-refractivity contribution in [3.63, 3.8) is 0 Å². The number of nitrogens with zero attached hydrogens (tertiary/aromatic N) is 4. The Labute approximate surface area is 222 Å². The lowest BCUT2D eigenvalue weighted by Gasteiger charge is -2.34. The van der Waals surface area contributed by atoms with Crippen molar-refractivity contribution >= 4 is 22.8 Å². The maximum atomic E-state index is 15.3. The van der Waals surface area contributed by atoms with E-state index in [2.05, 4.69) is 25.3 Å². The molecule has 3 heterocycles. The number of benzene rings is 1. The zero-order valence-corrected chi connectivity index (χ0v) is 22.3. The molecular formula is C28H37FN6O3. The lowest BCUT2D eigenvalue weighted by molar-refractivity contribution is -0.130. The molecule has 0 bridgehead atoms. The summed E-state index contributed by atoms with van der Waals surface area (Å²) < 4.78 is 20.3. The number of aromatic amines is 1. The lowest BCUT2D eigenvalue weighted by Crippen LogP contribution is -2.47. The normalized spacial score (nSPS) is 18.8. The van der Waals surface area contributed by atoms with Crippen LogP contribution in [-0.2, 0) is 11.3 Å². The van der Waals surface area contributed by atoms with Gasteiger partial charge in [0, 0.05) is 39.6 Å². The first-order chi connectivity index (χ1) is 18.4. The number of hydrogen-bond acceptors (Lipinski definition) is 6. The average Bonchev–Trinajstić information content (AvgIpc) is 3.49. The van der Waals surface area contributed by atoms with Gasteiger partial charge in [0.25, 0.3) is 5.91 Å². The second-order valence-corrected chi connectivity index (χ2v) is 10.7. The molecule has 38 heavy (non-hydrogen) atoms. The van der Waals surface area contributed by atoms with Gasteiger partial charge in [-0.25, -0.2) is 9.37 Å². The summed E-state index contributed by atoms with van der Waals surface area (Å²) >= 11 is 0. The Kier molecular flexibility index (Phi) is 8.06. The van der Waals surface area contributed by atoms with Gasteiger partial charge in [-0.05, 0) is 43.4 Å². The highest BCUT2D eigenvalue weighted by Crippen LogP contribution is 2.34. The van der Waals surface area contributed by atoms with Gasteiger partial charge in [0.2, 0.25) is 5.91 Å². The smallest absolute Gasteiger partial charge is 0.257 e. The molecule has 0 radical (unpaired) electrons. The van der Waals surface area contributed by atoms with Crippen LogP contribution in [0, 0.1) is 18.7 Å². The summed E-state index contributed by atoms with van der Waals surface area (Å²) in [5.41, 5.74) is 2.70. The van der Waals surface area contributed by atoms with Gasteiger partial charge in [0.05, 0.1) is 17.3 Å². The minimum Gasteiger partial charge on any atom is -0.364 e. The maximum Gasteiger partial charge on any atom is 0.257 e. The first-order valence-corrected chi connectivity index (χ1v) is 13.8. The van der Waals surface area contributed by atoms with Gasteiger partial charge in [0.15, 0.2) is 5.82 Å². The molecule has 5 rings (SSSR count). The van der Waals surface area contributed by atoms with Crippen molar-refractivity contribution in [2.75, 3.05) is 26.2 Å². The zero-order chi connectivity index (χ0) is 26.6. The number of H-pyrrole nitrogens is 1. The number of aryl methyl sites for hydroxylation is 1. The van der Waals surface area contributed by atoms with Crippen LogP contribution in [0.3, 0.4) is 0 Å². The Morgan fingerprint density at radius 3 is 2.50 bits per heavy atom. The maximum absolute atomic E-state index is 15.3. The van der Waals surface area contributed by atoms with E-state index < -0.39 is 0 Å². The van der Waals surface area contributed by atoms with Crippen molar-refractivity contribution in [3.8, 4) is 0 Å². The minimum absolute atomic E-state index is 0.0900. The van der Waals surface area contributed by atoms with E-state index in [1.165, 1.54) is 25.5 Å². The topological polar surface area (TPSA) is 107 Å². The molecule has 9 nitrogen and oxygen atoms in total. The fourth-order valence-corrected chi connectivity index (χ4v) is 5.83. The van der Waals surface area contributed by atoms with Gasteiger partial charge in [0.1, 0.15) is 23.2 Å². The predicted octanol–water partition coefficient (Wildman–Crippen LogP) is 4.49. The lowest BCUT2D eigenvalue weighted by atomic mass is 9.85. The largest absolute Gasteiger partial charge is 0.364 e. The second kappa shape index (κ2) is 11.6. The number of piperazine rings is 1. The molecule has 204 valence electrons. The summed E-state index contributed by atoms with van der Waals surface area (Å²) in [5.74, 6) is 0.230. The van der Waals surface area contributed by atoms with Crippen molar-refractivity contribution in [3.05, 3.63) is 46.9 Å². The minimum atomic E-state index is -0.375. The third-order valence-electron chi connectivity index (χ3n) is 8.04. The van der Waals surface area contributed by atoms with Crippen LogP contribution in [0.1, 0.15) is 85.4 Å². The highest BCUT2D eigenvalue weighted by Gasteiger charge is 2.30. The molecule has 1 saturated carbocycles. The molecule has 3 aromatic rings. The molecule has 1 atom stereocenters. The highest BCUT2D eigenvalue weighted by molar-refractivity contribution is 5.95. The Hall–Kier alpha value is -3.27. The van der Waals surface area contributed by atoms with Crippen LogP contribution in [-0.4, -0.2) is 62.9 Å². The summed E-state index contributed by atoms with van der Waals surface area (Å²) in [7, 11) is 0. The molecule has 10 heteroatoms. The summed E-state index contributed by atoms with van der Waals surface area (Å²) in [6.07, 6.45) is 9.11. The molecule has 0 spiro atoms. The number of rotatable bonds is 6. The molecule has 2 N–H and O–H groups in total. The van der Waals surface area contributed by atoms with Gasteiger partial charge in [-0.2, -0.15) is 0 Å². The Morgan fingerprint density at radius 1 is 1.13 bits per heavy atom. The van der Waals surface area contributed by atoms with E-state index in [-0.39, 0.29) is 35.1 Å². The SMILES string of the molecule is CC(=O)N1CCN(Cc2cc(F)c3nc(C(NC(=O)c4conc4C)C4CCCCCCC4)[nH]c3c2)CC1. The average molecular weight is 525 g/mol. The number of carbonyl (C=O) groups excluding carboxylic acids is 2. The standard InChI is InChI=1S/C28H37FN6O3/c1-18-22(17-38-33-18)28(37)32-25(21-8-6-4-3-5-7-9-21)27-30-24-15-20(14-23(29)26(24)31-27)16-34-10-12-35(13-11-34)19(2)36/h14-15,17,21,25H,3-13,16H2,1-2H3,(H,30,31)(H,32,37). The summed E-state index contributed by atoms with van der Waals surface area (Å²) in [5, 5.41) is 7.01. The molecule has 1 saturated heterocycles. The van der Waals surface area contributed by atoms with E-state index in [9.17, 15) is 9.59 Å². The van der Waals surface area contributed by atoms with Crippen LogP contribution in [0.2, 0.25) is 0 Å². The summed E-state index contributed by atoms with van der Waals surface area (Å²) in [6, 6.07) is 3.13. The van der Waals surface area contributed by atoms with E-state index >= 15 is 4.39 Å². The molecule has 2 fully saturated rings. The number of carbonyl (C=O) groups is 2. The fourth-order valence-electron chi connectivity index (χ4n) is 5.83. The monoisotopic (exact) mass is 524 g/mol. The molecule has 1 unspecified atom stereocenters. The third kappa shape index (κ3) is 5.90. The Balaban J connectivity index is 1.40. The fraction of sp³-hybridized carbons (Fsp3) is 0.571. The van der Waals surface area contributed by atoms with Gasteiger partial charge >= 0.3 is 0 Å². The molecule has 2 amide bonds. The van der Waals surface area contributed by atoms with E-state index in [0.29, 0.717) is 42.2 Å². The molecular weight excluding hydrogens is 487 g/mol. The Bertz CT molecular complexity index is 1270. The van der Waals surface area contributed by atoms with Crippen molar-refractivity contribution in [2.24, 2.45) is 5.92 Å². The number of nitrogens with one attached hydrogen (secondary N) is 2. The molecule has 2 aromatic heterocycles. The van der Waals surface area contributed by atoms with Crippen molar-refractivity contribution in [2.45, 2.75) is 71.4 Å². The van der Waals surface area contributed by atoms with Crippen LogP contribution in [0.4, 0.5) is 4.39 Å². The van der Waals surface area contributed by atoms with Gasteiger partial charge in [-0.15, -0.1) is 0 Å². The van der Waals surface area contributed by atoms with E-state index in [0.717, 1.165) is 44.3 Å². The van der Waals surface area contributed by atoms with Crippen LogP contribution in [0.25, 0.3) is 11.0 Å². The van der Waals surface area contributed by atoms with Crippen molar-refractivity contribution in [1.82, 2.24) is 30.2 Å². The number of amides is 2. The van der Waals surface area contributed by atoms with Crippen LogP contribution < -0.4 is 5.32 Å². The van der Waals surface area contributed by atoms with E-state index in [4.69, 9.17) is 4.52 Å². The quantitative estimate of drug-likeness (QED) is 0.492. The van der Waals surface area contributed by atoms with Crippen LogP contribution >= 0.6 is 0 Å². The highest BCUT2D eigenvalue weighted by atomic mass is 19.1. The number of imidazole rings is 1. The van der Waals surface area contributed by atoms with Gasteiger partial charge < -0.3 is 19.7 Å². The number of fused-ring (bicyclic) bond motifs is 1. The first kappa shape index (κ1) is 26.3. The second-order valence-electron chi connectivity index (χ2n) is 10.7. The van der Waals surface area contributed by atoms with Gasteiger partial charge in [-0.3, -0.25) is 14.5 Å². The van der Waals surface area contributed by atoms with Crippen molar-refractivity contribution < 1.29 is 18.5 Å². The summed E-state index contributed by atoms with van der Waals surface area (Å²) in [6.45, 7) is 6.81. The van der Waals surface area contributed by atoms with Crippen LogP contribution in [0.15, 0.2) is 22.9 Å². The Morgan fingerprint density at radius 2 is 1.84 bits per heavy atom. The van der Waals surface area contributed by atoms with E-state index in [1.54, 1.807) is 19.9 Å². The molecule has 1 aromatic carbocycles. The molecule has 1 aliphatic heterocycles. The molecule has 2 aliphatic rings. The number of hydrogen-bond donors (Lipinski definition) is 2. The van der Waals surface area contributed by atoms with Gasteiger partial charge in [-0.1, -0.05) is 37.3 Å².